The standard InChI is InChI=1S/C13H15NO5/c1-10(16)18-8-7-14(2)13(17)19-12-5-3-11(9-15)4-6-12/h3-6,9H,7-8H2,1-2H3. The van der Waals surface area contributed by atoms with E-state index in [1.165, 1.54) is 31.0 Å². The number of rotatable bonds is 5. The third kappa shape index (κ3) is 5.20. The van der Waals surface area contributed by atoms with Gasteiger partial charge < -0.3 is 14.4 Å². The van der Waals surface area contributed by atoms with Gasteiger partial charge in [0.25, 0.3) is 0 Å². The Morgan fingerprint density at radius 2 is 1.89 bits per heavy atom. The zero-order valence-corrected chi connectivity index (χ0v) is 10.8. The van der Waals surface area contributed by atoms with Gasteiger partial charge >= 0.3 is 12.1 Å². The van der Waals surface area contributed by atoms with Crippen LogP contribution in [0.15, 0.2) is 24.3 Å². The summed E-state index contributed by atoms with van der Waals surface area (Å²) in [5.74, 6) is -0.0545. The molecule has 0 atom stereocenters. The minimum absolute atomic E-state index is 0.116. The van der Waals surface area contributed by atoms with Crippen molar-refractivity contribution in [2.45, 2.75) is 6.92 Å². The zero-order valence-electron chi connectivity index (χ0n) is 10.8. The van der Waals surface area contributed by atoms with Crippen LogP contribution in [0.3, 0.4) is 0 Å². The number of nitrogens with zero attached hydrogens (tertiary/aromatic N) is 1. The Labute approximate surface area is 110 Å². The first-order valence-corrected chi connectivity index (χ1v) is 5.64. The molecule has 1 aromatic rings. The molecule has 0 heterocycles. The van der Waals surface area contributed by atoms with E-state index >= 15 is 0 Å². The summed E-state index contributed by atoms with van der Waals surface area (Å²) in [6, 6.07) is 6.16. The van der Waals surface area contributed by atoms with Gasteiger partial charge in [0.05, 0.1) is 6.54 Å². The van der Waals surface area contributed by atoms with Crippen LogP contribution >= 0.6 is 0 Å². The minimum atomic E-state index is -0.564. The second-order valence-corrected chi connectivity index (χ2v) is 3.82. The normalized spacial score (nSPS) is 9.58. The van der Waals surface area contributed by atoms with Gasteiger partial charge in [0, 0.05) is 19.5 Å². The first kappa shape index (κ1) is 14.7. The highest BCUT2D eigenvalue weighted by Gasteiger charge is 2.11. The van der Waals surface area contributed by atoms with E-state index in [0.717, 1.165) is 0 Å². The topological polar surface area (TPSA) is 72.9 Å². The first-order valence-electron chi connectivity index (χ1n) is 5.64. The van der Waals surface area contributed by atoms with Crippen LogP contribution in [0, 0.1) is 0 Å². The van der Waals surface area contributed by atoms with E-state index in [0.29, 0.717) is 17.6 Å². The Hall–Kier alpha value is -2.37. The highest BCUT2D eigenvalue weighted by Crippen LogP contribution is 2.12. The molecule has 0 N–H and O–H groups in total. The van der Waals surface area contributed by atoms with Crippen LogP contribution < -0.4 is 4.74 Å². The van der Waals surface area contributed by atoms with Crippen LogP contribution in [-0.4, -0.2) is 43.4 Å². The van der Waals surface area contributed by atoms with Crippen LogP contribution in [0.4, 0.5) is 4.79 Å². The van der Waals surface area contributed by atoms with Gasteiger partial charge in [-0.05, 0) is 24.3 Å². The van der Waals surface area contributed by atoms with Crippen LogP contribution in [0.1, 0.15) is 17.3 Å². The van der Waals surface area contributed by atoms with Crippen molar-refractivity contribution in [2.75, 3.05) is 20.2 Å². The Kier molecular flexibility index (Phi) is 5.53. The molecule has 0 aliphatic carbocycles. The number of esters is 1. The van der Waals surface area contributed by atoms with Crippen LogP contribution in [0.2, 0.25) is 0 Å². The van der Waals surface area contributed by atoms with Crippen molar-refractivity contribution in [3.05, 3.63) is 29.8 Å². The Balaban J connectivity index is 2.44. The molecule has 0 bridgehead atoms. The molecule has 0 saturated heterocycles. The highest BCUT2D eigenvalue weighted by atomic mass is 16.6. The molecule has 102 valence electrons. The maximum Gasteiger partial charge on any atom is 0.415 e. The molecule has 1 aromatic carbocycles. The summed E-state index contributed by atoms with van der Waals surface area (Å²) in [7, 11) is 1.53. The number of benzene rings is 1. The van der Waals surface area contributed by atoms with Gasteiger partial charge in [0.15, 0.2) is 0 Å². The van der Waals surface area contributed by atoms with Crippen LogP contribution in [0.5, 0.6) is 5.75 Å². The van der Waals surface area contributed by atoms with E-state index in [1.807, 2.05) is 0 Å². The van der Waals surface area contributed by atoms with Crippen molar-refractivity contribution in [3.8, 4) is 5.75 Å². The molecule has 6 heteroatoms. The molecule has 0 aromatic heterocycles. The van der Waals surface area contributed by atoms with Crippen molar-refractivity contribution in [1.29, 1.82) is 0 Å². The fraction of sp³-hybridized carbons (Fsp3) is 0.308. The van der Waals surface area contributed by atoms with Crippen LogP contribution in [0.25, 0.3) is 0 Å². The minimum Gasteiger partial charge on any atom is -0.464 e. The summed E-state index contributed by atoms with van der Waals surface area (Å²) in [6.07, 6.45) is 0.141. The van der Waals surface area contributed by atoms with Gasteiger partial charge in [0.2, 0.25) is 0 Å². The Bertz CT molecular complexity index is 455. The molecule has 0 saturated carbocycles. The molecule has 6 nitrogen and oxygen atoms in total. The van der Waals surface area contributed by atoms with E-state index in [1.54, 1.807) is 12.1 Å². The maximum atomic E-state index is 11.6. The third-order valence-corrected chi connectivity index (χ3v) is 2.27. The third-order valence-electron chi connectivity index (χ3n) is 2.27. The molecule has 0 fully saturated rings. The monoisotopic (exact) mass is 265 g/mol. The molecule has 1 amide bonds. The first-order chi connectivity index (χ1) is 9.02. The molecule has 1 rings (SSSR count). The van der Waals surface area contributed by atoms with Crippen molar-refractivity contribution in [1.82, 2.24) is 4.90 Å². The molecule has 0 aliphatic heterocycles. The Morgan fingerprint density at radius 1 is 1.26 bits per heavy atom. The summed E-state index contributed by atoms with van der Waals surface area (Å²) in [5.41, 5.74) is 0.503. The summed E-state index contributed by atoms with van der Waals surface area (Å²) in [4.78, 5) is 33.9. The number of amides is 1. The predicted octanol–water partition coefficient (Wildman–Crippen LogP) is 1.49. The predicted molar refractivity (Wildman–Crippen MR) is 67.1 cm³/mol. The van der Waals surface area contributed by atoms with Crippen molar-refractivity contribution in [2.24, 2.45) is 0 Å². The lowest BCUT2D eigenvalue weighted by atomic mass is 10.2. The zero-order chi connectivity index (χ0) is 14.3. The van der Waals surface area contributed by atoms with E-state index in [9.17, 15) is 14.4 Å². The average Bonchev–Trinajstić information content (AvgIpc) is 2.39. The molecule has 19 heavy (non-hydrogen) atoms. The van der Waals surface area contributed by atoms with E-state index in [4.69, 9.17) is 9.47 Å². The number of hydrogen-bond donors (Lipinski definition) is 0. The van der Waals surface area contributed by atoms with E-state index in [-0.39, 0.29) is 13.2 Å². The molecular formula is C13H15NO5. The van der Waals surface area contributed by atoms with E-state index < -0.39 is 12.1 Å². The maximum absolute atomic E-state index is 11.6. The summed E-state index contributed by atoms with van der Waals surface area (Å²) < 4.78 is 9.78. The van der Waals surface area contributed by atoms with Gasteiger partial charge in [0.1, 0.15) is 18.6 Å². The van der Waals surface area contributed by atoms with Gasteiger partial charge in [-0.1, -0.05) is 0 Å². The second-order valence-electron chi connectivity index (χ2n) is 3.82. The number of aldehydes is 1. The number of carbonyl (C=O) groups is 3. The summed E-state index contributed by atoms with van der Waals surface area (Å²) in [6.45, 7) is 1.66. The quantitative estimate of drug-likeness (QED) is 0.595. The van der Waals surface area contributed by atoms with Gasteiger partial charge in [-0.25, -0.2) is 4.79 Å². The van der Waals surface area contributed by atoms with Gasteiger partial charge in [-0.15, -0.1) is 0 Å². The average molecular weight is 265 g/mol. The number of hydrogen-bond acceptors (Lipinski definition) is 5. The molecule has 0 aliphatic rings. The number of carbonyl (C=O) groups excluding carboxylic acids is 3. The molecule has 0 unspecified atom stereocenters. The van der Waals surface area contributed by atoms with Gasteiger partial charge in [-0.3, -0.25) is 9.59 Å². The lowest BCUT2D eigenvalue weighted by molar-refractivity contribution is -0.141. The largest absolute Gasteiger partial charge is 0.464 e. The van der Waals surface area contributed by atoms with Crippen molar-refractivity contribution in [3.63, 3.8) is 0 Å². The number of ether oxygens (including phenoxy) is 2. The SMILES string of the molecule is CC(=O)OCCN(C)C(=O)Oc1ccc(C=O)cc1. The van der Waals surface area contributed by atoms with Crippen molar-refractivity contribution >= 4 is 18.3 Å². The highest BCUT2D eigenvalue weighted by molar-refractivity contribution is 5.75. The smallest absolute Gasteiger partial charge is 0.415 e. The second kappa shape index (κ2) is 7.15. The number of likely N-dealkylation sites (N-methyl/N-ethyl adjacent to an activating group) is 1. The van der Waals surface area contributed by atoms with E-state index in [2.05, 4.69) is 0 Å². The van der Waals surface area contributed by atoms with Gasteiger partial charge in [-0.2, -0.15) is 0 Å². The fourth-order valence-electron chi connectivity index (χ4n) is 1.21. The lowest BCUT2D eigenvalue weighted by Gasteiger charge is -2.16. The van der Waals surface area contributed by atoms with Crippen molar-refractivity contribution < 1.29 is 23.9 Å². The summed E-state index contributed by atoms with van der Waals surface area (Å²) >= 11 is 0. The summed E-state index contributed by atoms with van der Waals surface area (Å²) in [5, 5.41) is 0. The fourth-order valence-corrected chi connectivity index (χ4v) is 1.21. The molecule has 0 spiro atoms. The van der Waals surface area contributed by atoms with Crippen LogP contribution in [-0.2, 0) is 9.53 Å². The molecule has 0 radical (unpaired) electrons. The lowest BCUT2D eigenvalue weighted by Crippen LogP contribution is -2.32. The molecular weight excluding hydrogens is 250 g/mol. The Morgan fingerprint density at radius 3 is 2.42 bits per heavy atom.